The maximum absolute atomic E-state index is 13.3. The summed E-state index contributed by atoms with van der Waals surface area (Å²) in [7, 11) is 1.88. The normalized spacial score (nSPS) is 23.2. The molecule has 0 aliphatic carbocycles. The van der Waals surface area contributed by atoms with E-state index < -0.39 is 5.60 Å². The molecule has 27 heavy (non-hydrogen) atoms. The number of aromatic nitrogens is 2. The summed E-state index contributed by atoms with van der Waals surface area (Å²) in [4.78, 5) is 29.5. The average molecular weight is 377 g/mol. The first-order valence-corrected chi connectivity index (χ1v) is 9.94. The number of rotatable bonds is 1. The molecule has 0 saturated carbocycles. The van der Waals surface area contributed by atoms with Gasteiger partial charge in [-0.15, -0.1) is 0 Å². The van der Waals surface area contributed by atoms with Crippen molar-refractivity contribution in [3.8, 4) is 0 Å². The van der Waals surface area contributed by atoms with Gasteiger partial charge in [0.2, 0.25) is 0 Å². The van der Waals surface area contributed by atoms with E-state index in [1.54, 1.807) is 9.58 Å². The van der Waals surface area contributed by atoms with E-state index in [4.69, 9.17) is 4.74 Å². The molecule has 0 radical (unpaired) electrons. The van der Waals surface area contributed by atoms with Crippen LogP contribution >= 0.6 is 0 Å². The molecule has 0 spiro atoms. The van der Waals surface area contributed by atoms with Gasteiger partial charge in [0.1, 0.15) is 5.60 Å². The fraction of sp³-hybridized carbons (Fsp3) is 0.750. The smallest absolute Gasteiger partial charge is 0.410 e. The number of hydrogen-bond acceptors (Lipinski definition) is 4. The minimum absolute atomic E-state index is 0.0161. The number of ether oxygens (including phenoxy) is 1. The third kappa shape index (κ3) is 3.96. The average Bonchev–Trinajstić information content (AvgIpc) is 2.89. The first-order chi connectivity index (χ1) is 12.6. The Morgan fingerprint density at radius 2 is 1.78 bits per heavy atom. The number of fused-ring (bicyclic) bond motifs is 1. The van der Waals surface area contributed by atoms with Gasteiger partial charge < -0.3 is 14.5 Å². The van der Waals surface area contributed by atoms with E-state index in [-0.39, 0.29) is 24.1 Å². The molecule has 3 rings (SSSR count). The molecule has 1 fully saturated rings. The largest absolute Gasteiger partial charge is 0.444 e. The van der Waals surface area contributed by atoms with Gasteiger partial charge in [-0.3, -0.25) is 9.48 Å². The van der Waals surface area contributed by atoms with Crippen molar-refractivity contribution in [2.75, 3.05) is 6.54 Å². The van der Waals surface area contributed by atoms with Gasteiger partial charge >= 0.3 is 6.09 Å². The van der Waals surface area contributed by atoms with Gasteiger partial charge in [0.05, 0.1) is 6.54 Å². The van der Waals surface area contributed by atoms with Crippen LogP contribution in [-0.2, 0) is 24.8 Å². The van der Waals surface area contributed by atoms with Crippen LogP contribution in [0, 0.1) is 0 Å². The Morgan fingerprint density at radius 1 is 1.15 bits per heavy atom. The van der Waals surface area contributed by atoms with E-state index in [1.165, 1.54) is 0 Å². The number of carbonyl (C=O) groups excluding carboxylic acids is 2. The molecule has 2 aliphatic rings. The number of likely N-dealkylation sites (tertiary alicyclic amines) is 1. The third-order valence-corrected chi connectivity index (χ3v) is 5.52. The van der Waals surface area contributed by atoms with Gasteiger partial charge in [0, 0.05) is 43.4 Å². The Morgan fingerprint density at radius 3 is 2.37 bits per heavy atom. The third-order valence-electron chi connectivity index (χ3n) is 5.52. The molecule has 1 aromatic rings. The van der Waals surface area contributed by atoms with Gasteiger partial charge in [0.15, 0.2) is 5.69 Å². The van der Waals surface area contributed by atoms with E-state index in [1.807, 2.05) is 32.7 Å². The lowest BCUT2D eigenvalue weighted by molar-refractivity contribution is 0.0219. The summed E-state index contributed by atoms with van der Waals surface area (Å²) in [6, 6.07) is 0.425. The zero-order valence-electron chi connectivity index (χ0n) is 17.4. The monoisotopic (exact) mass is 376 g/mol. The maximum atomic E-state index is 13.3. The summed E-state index contributed by atoms with van der Waals surface area (Å²) in [6.45, 7) is 10.7. The molecule has 150 valence electrons. The molecule has 7 heteroatoms. The van der Waals surface area contributed by atoms with Gasteiger partial charge in [-0.05, 0) is 53.9 Å². The molecule has 2 amide bonds. The molecule has 1 aromatic heterocycles. The summed E-state index contributed by atoms with van der Waals surface area (Å²) in [5.41, 5.74) is 1.85. The van der Waals surface area contributed by atoms with Crippen molar-refractivity contribution in [2.45, 2.75) is 84.5 Å². The summed E-state index contributed by atoms with van der Waals surface area (Å²) in [6.07, 6.45) is 3.54. The fourth-order valence-electron chi connectivity index (χ4n) is 4.19. The van der Waals surface area contributed by atoms with Gasteiger partial charge in [0.25, 0.3) is 5.91 Å². The Bertz CT molecular complexity index is 724. The molecule has 3 heterocycles. The molecule has 2 atom stereocenters. The van der Waals surface area contributed by atoms with E-state index in [0.717, 1.165) is 30.5 Å². The van der Waals surface area contributed by atoms with Crippen LogP contribution in [0.4, 0.5) is 4.79 Å². The second-order valence-corrected chi connectivity index (χ2v) is 8.89. The first kappa shape index (κ1) is 19.7. The zero-order valence-corrected chi connectivity index (χ0v) is 17.4. The minimum Gasteiger partial charge on any atom is -0.444 e. The predicted molar refractivity (Wildman–Crippen MR) is 103 cm³/mol. The van der Waals surface area contributed by atoms with Crippen LogP contribution in [-0.4, -0.2) is 55.8 Å². The summed E-state index contributed by atoms with van der Waals surface area (Å²) in [5, 5.41) is 4.55. The van der Waals surface area contributed by atoms with Crippen molar-refractivity contribution < 1.29 is 14.3 Å². The van der Waals surface area contributed by atoms with Gasteiger partial charge in [-0.25, -0.2) is 4.79 Å². The number of aryl methyl sites for hydroxylation is 1. The number of hydrogen-bond donors (Lipinski definition) is 0. The van der Waals surface area contributed by atoms with Crippen molar-refractivity contribution in [1.29, 1.82) is 0 Å². The number of nitrogens with zero attached hydrogens (tertiary/aromatic N) is 4. The lowest BCUT2D eigenvalue weighted by Gasteiger charge is -2.39. The molecule has 1 saturated heterocycles. The Balaban J connectivity index is 1.86. The highest BCUT2D eigenvalue weighted by molar-refractivity contribution is 5.94. The molecular formula is C20H32N4O3. The van der Waals surface area contributed by atoms with Crippen LogP contribution in [0.15, 0.2) is 0 Å². The molecular weight excluding hydrogens is 344 g/mol. The van der Waals surface area contributed by atoms with Crippen LogP contribution in [0.5, 0.6) is 0 Å². The lowest BCUT2D eigenvalue weighted by Crippen LogP contribution is -2.48. The molecule has 7 nitrogen and oxygen atoms in total. The van der Waals surface area contributed by atoms with Crippen LogP contribution in [0.25, 0.3) is 0 Å². The number of carbonyl (C=O) groups is 2. The zero-order chi connectivity index (χ0) is 19.9. The summed E-state index contributed by atoms with van der Waals surface area (Å²) in [5.74, 6) is -0.0161. The lowest BCUT2D eigenvalue weighted by atomic mass is 9.96. The van der Waals surface area contributed by atoms with Crippen molar-refractivity contribution in [3.05, 3.63) is 17.0 Å². The highest BCUT2D eigenvalue weighted by Crippen LogP contribution is 2.29. The quantitative estimate of drug-likeness (QED) is 0.755. The topological polar surface area (TPSA) is 67.7 Å². The Kier molecular flexibility index (Phi) is 5.23. The molecule has 2 aliphatic heterocycles. The van der Waals surface area contributed by atoms with Crippen molar-refractivity contribution in [2.24, 2.45) is 7.05 Å². The summed E-state index contributed by atoms with van der Waals surface area (Å²) >= 11 is 0. The standard InChI is InChI=1S/C20H32N4O3/c1-13-8-7-9-14(2)24(13)18(25)17-15-12-23(19(26)27-20(3,4)5)11-10-16(15)22(6)21-17/h13-14H,7-12H2,1-6H3. The van der Waals surface area contributed by atoms with Crippen LogP contribution in [0.3, 0.4) is 0 Å². The SMILES string of the molecule is CC1CCCC(C)N1C(=O)c1nn(C)c2c1CN(C(=O)OC(C)(C)C)CC2. The highest BCUT2D eigenvalue weighted by atomic mass is 16.6. The van der Waals surface area contributed by atoms with Crippen molar-refractivity contribution in [1.82, 2.24) is 19.6 Å². The van der Waals surface area contributed by atoms with E-state index in [9.17, 15) is 9.59 Å². The minimum atomic E-state index is -0.538. The number of piperidine rings is 1. The van der Waals surface area contributed by atoms with E-state index >= 15 is 0 Å². The number of amides is 2. The fourth-order valence-corrected chi connectivity index (χ4v) is 4.19. The highest BCUT2D eigenvalue weighted by Gasteiger charge is 2.36. The van der Waals surface area contributed by atoms with Crippen LogP contribution in [0.2, 0.25) is 0 Å². The Labute approximate surface area is 161 Å². The van der Waals surface area contributed by atoms with Crippen LogP contribution < -0.4 is 0 Å². The predicted octanol–water partition coefficient (Wildman–Crippen LogP) is 3.12. The Hall–Kier alpha value is -2.05. The van der Waals surface area contributed by atoms with E-state index in [2.05, 4.69) is 18.9 Å². The second kappa shape index (κ2) is 7.17. The van der Waals surface area contributed by atoms with E-state index in [0.29, 0.717) is 25.2 Å². The molecule has 0 aromatic carbocycles. The molecule has 2 unspecified atom stereocenters. The van der Waals surface area contributed by atoms with Gasteiger partial charge in [-0.1, -0.05) is 0 Å². The molecule has 0 bridgehead atoms. The molecule has 0 N–H and O–H groups in total. The second-order valence-electron chi connectivity index (χ2n) is 8.89. The maximum Gasteiger partial charge on any atom is 0.410 e. The summed E-state index contributed by atoms with van der Waals surface area (Å²) < 4.78 is 7.31. The first-order valence-electron chi connectivity index (χ1n) is 9.94. The van der Waals surface area contributed by atoms with Crippen molar-refractivity contribution >= 4 is 12.0 Å². The van der Waals surface area contributed by atoms with Gasteiger partial charge in [-0.2, -0.15) is 5.10 Å². The van der Waals surface area contributed by atoms with Crippen molar-refractivity contribution in [3.63, 3.8) is 0 Å². The van der Waals surface area contributed by atoms with Crippen LogP contribution in [0.1, 0.15) is 75.6 Å².